The van der Waals surface area contributed by atoms with Crippen LogP contribution in [0, 0.1) is 0 Å². The van der Waals surface area contributed by atoms with Crippen LogP contribution in [-0.2, 0) is 47.5 Å². The third-order valence-electron chi connectivity index (χ3n) is 11.3. The minimum atomic E-state index is -4.53. The molecule has 2 fully saturated rings. The third kappa shape index (κ3) is 7.16. The van der Waals surface area contributed by atoms with Crippen molar-refractivity contribution in [3.8, 4) is 0 Å². The average molecular weight is 827 g/mol. The zero-order valence-electron chi connectivity index (χ0n) is 33.7. The van der Waals surface area contributed by atoms with Crippen LogP contribution in [0.3, 0.4) is 0 Å². The van der Waals surface area contributed by atoms with Gasteiger partial charge in [-0.25, -0.2) is 9.59 Å². The molecule has 0 atom stereocenters. The fourth-order valence-corrected chi connectivity index (χ4v) is 8.09. The van der Waals surface area contributed by atoms with Gasteiger partial charge in [0.1, 0.15) is 0 Å². The lowest BCUT2D eigenvalue weighted by Crippen LogP contribution is -2.44. The van der Waals surface area contributed by atoms with E-state index in [9.17, 15) is 32.3 Å². The van der Waals surface area contributed by atoms with Crippen molar-refractivity contribution in [2.45, 2.75) is 19.3 Å². The standard InChI is InChI=1S/C22H24N6O2.C19H21F3N6O2/c1-25-19-18(20(29)26(2)22(25)30)28(21(24-19)27-12-10-23-11-13-27)14-16-8-5-7-15-6-3-4-9-17(15)16;1-25-15-14(16(29)26(2)18(25)30)28(17(24-15)27-9-7-23-8-10-27)11-12-5-3-4-6-13(12)19(20,21)22/h3-9,23H,10-14H2,1-2H3;3-6,23H,7-11H2,1-2H3. The van der Waals surface area contributed by atoms with Crippen molar-refractivity contribution in [1.29, 1.82) is 0 Å². The number of alkyl halides is 3. The molecule has 0 amide bonds. The first-order valence-corrected chi connectivity index (χ1v) is 19.6. The van der Waals surface area contributed by atoms with E-state index in [4.69, 9.17) is 4.98 Å². The van der Waals surface area contributed by atoms with Crippen molar-refractivity contribution in [2.24, 2.45) is 28.2 Å². The molecule has 0 bridgehead atoms. The number of piperazine rings is 2. The molecule has 0 radical (unpaired) electrons. The van der Waals surface area contributed by atoms with Crippen LogP contribution in [0.15, 0.2) is 85.9 Å². The van der Waals surface area contributed by atoms with Crippen LogP contribution in [0.5, 0.6) is 0 Å². The number of anilines is 2. The first kappa shape index (κ1) is 40.3. The van der Waals surface area contributed by atoms with Crippen molar-refractivity contribution in [2.75, 3.05) is 62.2 Å². The fraction of sp³-hybridized carbons (Fsp3) is 0.366. The lowest BCUT2D eigenvalue weighted by molar-refractivity contribution is -0.138. The molecule has 0 spiro atoms. The van der Waals surface area contributed by atoms with Gasteiger partial charge in [-0.15, -0.1) is 0 Å². The first-order chi connectivity index (χ1) is 28.8. The number of nitrogens with one attached hydrogen (secondary N) is 2. The highest BCUT2D eigenvalue weighted by atomic mass is 19.4. The molecule has 4 aromatic heterocycles. The molecule has 3 aromatic carbocycles. The lowest BCUT2D eigenvalue weighted by Gasteiger charge is -2.29. The number of hydrogen-bond acceptors (Lipinski definition) is 10. The second-order valence-electron chi connectivity index (χ2n) is 15.0. The molecular weight excluding hydrogens is 782 g/mol. The van der Waals surface area contributed by atoms with E-state index in [1.165, 1.54) is 53.0 Å². The number of aryl methyl sites for hydroxylation is 2. The molecular formula is C41H45F3N12O4. The van der Waals surface area contributed by atoms with Gasteiger partial charge >= 0.3 is 17.6 Å². The Morgan fingerprint density at radius 3 is 1.52 bits per heavy atom. The Labute approximate surface area is 340 Å². The van der Waals surface area contributed by atoms with Crippen molar-refractivity contribution in [3.63, 3.8) is 0 Å². The van der Waals surface area contributed by atoms with Crippen LogP contribution in [0.25, 0.3) is 33.1 Å². The predicted octanol–water partition coefficient (Wildman–Crippen LogP) is 1.96. The zero-order valence-corrected chi connectivity index (χ0v) is 33.7. The van der Waals surface area contributed by atoms with E-state index in [1.807, 2.05) is 27.7 Å². The summed E-state index contributed by atoms with van der Waals surface area (Å²) in [6, 6.07) is 19.7. The maximum atomic E-state index is 13.6. The van der Waals surface area contributed by atoms with E-state index in [1.54, 1.807) is 7.05 Å². The SMILES string of the molecule is Cn1c(=O)c2c(nc(N3CCNCC3)n2Cc2cccc3ccccc23)n(C)c1=O.Cn1c(=O)c2c(nc(N3CCNCC3)n2Cc2ccccc2C(F)(F)F)n(C)c1=O. The number of nitrogens with zero attached hydrogens (tertiary/aromatic N) is 10. The normalized spacial score (nSPS) is 14.9. The number of hydrogen-bond donors (Lipinski definition) is 2. The summed E-state index contributed by atoms with van der Waals surface area (Å²) in [5.41, 5.74) is -0.303. The molecule has 314 valence electrons. The Morgan fingerprint density at radius 1 is 0.567 bits per heavy atom. The number of rotatable bonds is 6. The van der Waals surface area contributed by atoms with Gasteiger partial charge in [-0.05, 0) is 28.0 Å². The molecule has 0 saturated carbocycles. The Hall–Kier alpha value is -6.47. The smallest absolute Gasteiger partial charge is 0.340 e. The quantitative estimate of drug-likeness (QED) is 0.255. The van der Waals surface area contributed by atoms with E-state index in [0.29, 0.717) is 49.8 Å². The maximum absolute atomic E-state index is 13.6. The Morgan fingerprint density at radius 2 is 1.00 bits per heavy atom. The molecule has 16 nitrogen and oxygen atoms in total. The predicted molar refractivity (Wildman–Crippen MR) is 224 cm³/mol. The number of aromatic nitrogens is 8. The van der Waals surface area contributed by atoms with Gasteiger partial charge in [-0.2, -0.15) is 23.1 Å². The van der Waals surface area contributed by atoms with E-state index in [2.05, 4.69) is 44.8 Å². The van der Waals surface area contributed by atoms with E-state index >= 15 is 0 Å². The van der Waals surface area contributed by atoms with E-state index in [0.717, 1.165) is 63.7 Å². The number of imidazole rings is 2. The Kier molecular flexibility index (Phi) is 10.7. The summed E-state index contributed by atoms with van der Waals surface area (Å²) < 4.78 is 48.9. The maximum Gasteiger partial charge on any atom is 0.416 e. The minimum absolute atomic E-state index is 0.0246. The number of halogens is 3. The summed E-state index contributed by atoms with van der Waals surface area (Å²) in [7, 11) is 6.02. The minimum Gasteiger partial charge on any atom is -0.340 e. The van der Waals surface area contributed by atoms with Crippen molar-refractivity contribution >= 4 is 45.0 Å². The monoisotopic (exact) mass is 826 g/mol. The van der Waals surface area contributed by atoms with Crippen LogP contribution in [0.2, 0.25) is 0 Å². The van der Waals surface area contributed by atoms with E-state index in [-0.39, 0.29) is 34.5 Å². The second-order valence-corrected chi connectivity index (χ2v) is 15.0. The highest BCUT2D eigenvalue weighted by molar-refractivity contribution is 5.86. The van der Waals surface area contributed by atoms with Crippen LogP contribution < -0.4 is 42.9 Å². The fourth-order valence-electron chi connectivity index (χ4n) is 8.09. The van der Waals surface area contributed by atoms with Gasteiger partial charge in [0.15, 0.2) is 22.3 Å². The second kappa shape index (κ2) is 15.9. The zero-order chi connectivity index (χ0) is 42.5. The summed E-state index contributed by atoms with van der Waals surface area (Å²) in [5, 5.41) is 8.87. The summed E-state index contributed by atoms with van der Waals surface area (Å²) in [6.45, 7) is 6.14. The van der Waals surface area contributed by atoms with Crippen LogP contribution in [0.4, 0.5) is 25.1 Å². The molecule has 0 unspecified atom stereocenters. The van der Waals surface area contributed by atoms with Crippen molar-refractivity contribution in [3.05, 3.63) is 125 Å². The molecule has 2 saturated heterocycles. The summed E-state index contributed by atoms with van der Waals surface area (Å²) in [5.74, 6) is 1.11. The third-order valence-corrected chi connectivity index (χ3v) is 11.3. The first-order valence-electron chi connectivity index (χ1n) is 19.6. The van der Waals surface area contributed by atoms with Gasteiger partial charge in [0.05, 0.1) is 18.7 Å². The number of fused-ring (bicyclic) bond motifs is 3. The van der Waals surface area contributed by atoms with Gasteiger partial charge in [0, 0.05) is 80.5 Å². The van der Waals surface area contributed by atoms with Gasteiger partial charge in [-0.3, -0.25) is 37.0 Å². The summed E-state index contributed by atoms with van der Waals surface area (Å²) >= 11 is 0. The molecule has 9 rings (SSSR count). The summed E-state index contributed by atoms with van der Waals surface area (Å²) in [6.07, 6.45) is -4.53. The molecule has 0 aliphatic carbocycles. The Balaban J connectivity index is 0.000000166. The molecule has 2 aliphatic heterocycles. The lowest BCUT2D eigenvalue weighted by atomic mass is 10.0. The van der Waals surface area contributed by atoms with Crippen molar-refractivity contribution < 1.29 is 13.2 Å². The molecule has 2 aliphatic rings. The summed E-state index contributed by atoms with van der Waals surface area (Å²) in [4.78, 5) is 64.3. The Bertz CT molecular complexity index is 2990. The van der Waals surface area contributed by atoms with Gasteiger partial charge in [-0.1, -0.05) is 60.7 Å². The molecule has 6 heterocycles. The molecule has 60 heavy (non-hydrogen) atoms. The van der Waals surface area contributed by atoms with Gasteiger partial charge in [0.2, 0.25) is 11.9 Å². The average Bonchev–Trinajstić information content (AvgIpc) is 3.83. The highest BCUT2D eigenvalue weighted by Crippen LogP contribution is 2.33. The van der Waals surface area contributed by atoms with E-state index < -0.39 is 23.0 Å². The van der Waals surface area contributed by atoms with Crippen LogP contribution in [-0.4, -0.2) is 89.7 Å². The van der Waals surface area contributed by atoms with Crippen LogP contribution >= 0.6 is 0 Å². The molecule has 2 N–H and O–H groups in total. The molecule has 7 aromatic rings. The van der Waals surface area contributed by atoms with Gasteiger partial charge in [0.25, 0.3) is 11.1 Å². The molecule has 19 heteroatoms. The van der Waals surface area contributed by atoms with Crippen LogP contribution in [0.1, 0.15) is 16.7 Å². The number of benzene rings is 3. The highest BCUT2D eigenvalue weighted by Gasteiger charge is 2.34. The largest absolute Gasteiger partial charge is 0.416 e. The van der Waals surface area contributed by atoms with Gasteiger partial charge < -0.3 is 20.4 Å². The van der Waals surface area contributed by atoms with Crippen molar-refractivity contribution in [1.82, 2.24) is 48.0 Å². The topological polar surface area (TPSA) is 154 Å².